The maximum absolute atomic E-state index is 11.7. The lowest BCUT2D eigenvalue weighted by Crippen LogP contribution is -2.42. The normalized spacial score (nSPS) is 30.6. The largest absolute Gasteiger partial charge is 0.350 e. The van der Waals surface area contributed by atoms with Crippen molar-refractivity contribution in [3.05, 3.63) is 22.9 Å². The van der Waals surface area contributed by atoms with Crippen molar-refractivity contribution in [2.24, 2.45) is 0 Å². The van der Waals surface area contributed by atoms with Crippen LogP contribution in [-0.4, -0.2) is 35.9 Å². The molecule has 0 N–H and O–H groups in total. The Morgan fingerprint density at radius 2 is 2.33 bits per heavy atom. The minimum Gasteiger partial charge on any atom is -0.276 e. The minimum atomic E-state index is -1.91. The third-order valence-electron chi connectivity index (χ3n) is 2.39. The molecule has 1 aliphatic rings. The molecule has 82 valence electrons. The average Bonchev–Trinajstić information content (AvgIpc) is 2.45. The van der Waals surface area contributed by atoms with Gasteiger partial charge in [0.2, 0.25) is 0 Å². The van der Waals surface area contributed by atoms with Crippen molar-refractivity contribution in [2.75, 3.05) is 11.5 Å². The highest BCUT2D eigenvalue weighted by Crippen LogP contribution is 2.21. The van der Waals surface area contributed by atoms with Gasteiger partial charge in [-0.2, -0.15) is 9.78 Å². The van der Waals surface area contributed by atoms with Crippen molar-refractivity contribution in [1.82, 2.24) is 14.3 Å². The van der Waals surface area contributed by atoms with Crippen LogP contribution < -0.4 is 5.69 Å². The molecule has 1 aromatic rings. The van der Waals surface area contributed by atoms with E-state index in [1.54, 1.807) is 12.3 Å². The van der Waals surface area contributed by atoms with Crippen LogP contribution in [0.2, 0.25) is 0 Å². The minimum absolute atomic E-state index is 0.00139. The number of allylic oxidation sites excluding steroid dienone is 1. The van der Waals surface area contributed by atoms with Crippen LogP contribution in [0.25, 0.3) is 6.20 Å². The highest BCUT2D eigenvalue weighted by atomic mass is 32.2. The van der Waals surface area contributed by atoms with Gasteiger partial charge < -0.3 is 0 Å². The fourth-order valence-corrected chi connectivity index (χ4v) is 3.26. The number of hydrogen-bond acceptors (Lipinski definition) is 3. The molecule has 1 aromatic heterocycles. The van der Waals surface area contributed by atoms with Gasteiger partial charge >= 0.3 is 5.69 Å². The number of nitrogens with zero attached hydrogens (tertiary/aromatic N) is 3. The first-order valence-electron chi connectivity index (χ1n) is 4.64. The third-order valence-corrected chi connectivity index (χ3v) is 4.38. The van der Waals surface area contributed by atoms with E-state index in [0.29, 0.717) is 11.5 Å². The van der Waals surface area contributed by atoms with Crippen molar-refractivity contribution >= 4 is 21.6 Å². The summed E-state index contributed by atoms with van der Waals surface area (Å²) in [5.74, 6) is 4.56. The predicted molar refractivity (Wildman–Crippen MR) is 61.5 cm³/mol. The van der Waals surface area contributed by atoms with E-state index in [-0.39, 0.29) is 11.7 Å². The van der Waals surface area contributed by atoms with Crippen molar-refractivity contribution in [2.45, 2.75) is 13.0 Å². The summed E-state index contributed by atoms with van der Waals surface area (Å²) in [6, 6.07) is 0.00139. The van der Waals surface area contributed by atoms with Crippen LogP contribution in [0, 0.1) is 0 Å². The predicted octanol–water partition coefficient (Wildman–Crippen LogP) is -0.194. The Kier molecular flexibility index (Phi) is 2.30. The van der Waals surface area contributed by atoms with Crippen LogP contribution in [0.15, 0.2) is 17.2 Å². The number of hydrogen-bond donors (Lipinski definition) is 0. The van der Waals surface area contributed by atoms with Gasteiger partial charge in [0, 0.05) is 17.7 Å². The first-order chi connectivity index (χ1) is 7.03. The lowest BCUT2D eigenvalue weighted by molar-refractivity contribution is 0.538. The zero-order chi connectivity index (χ0) is 11.1. The molecule has 0 spiro atoms. The molecule has 2 rings (SSSR count). The lowest BCUT2D eigenvalue weighted by atomic mass is 10.4. The molecular formula is C9H13N3O2S. The monoisotopic (exact) mass is 227 g/mol. The molecule has 0 radical (unpaired) electrons. The van der Waals surface area contributed by atoms with E-state index < -0.39 is 9.52 Å². The van der Waals surface area contributed by atoms with Gasteiger partial charge in [-0.05, 0) is 22.3 Å². The molecule has 6 heteroatoms. The lowest BCUT2D eigenvalue weighted by Gasteiger charge is -2.29. The van der Waals surface area contributed by atoms with Crippen LogP contribution in [-0.2, 0) is 9.52 Å². The first kappa shape index (κ1) is 10.2. The molecule has 0 aromatic carbocycles. The van der Waals surface area contributed by atoms with Crippen LogP contribution in [0.3, 0.4) is 0 Å². The van der Waals surface area contributed by atoms with E-state index >= 15 is 0 Å². The van der Waals surface area contributed by atoms with Crippen LogP contribution >= 0.6 is 0 Å². The summed E-state index contributed by atoms with van der Waals surface area (Å²) in [5, 5.41) is 3.92. The van der Waals surface area contributed by atoms with Crippen molar-refractivity contribution in [1.29, 1.82) is 0 Å². The quantitative estimate of drug-likeness (QED) is 0.658. The third kappa shape index (κ3) is 1.77. The van der Waals surface area contributed by atoms with E-state index in [2.05, 4.69) is 11.0 Å². The molecule has 0 unspecified atom stereocenters. The van der Waals surface area contributed by atoms with Crippen molar-refractivity contribution < 1.29 is 4.21 Å². The van der Waals surface area contributed by atoms with Crippen LogP contribution in [0.5, 0.6) is 0 Å². The molecule has 1 saturated heterocycles. The molecule has 5 nitrogen and oxygen atoms in total. The summed E-state index contributed by atoms with van der Waals surface area (Å²) in [4.78, 5) is 11.7. The maximum Gasteiger partial charge on any atom is 0.350 e. The van der Waals surface area contributed by atoms with E-state index in [1.807, 2.05) is 6.92 Å². The van der Waals surface area contributed by atoms with E-state index in [0.717, 1.165) is 0 Å². The summed E-state index contributed by atoms with van der Waals surface area (Å²) in [6.07, 6.45) is 4.82. The van der Waals surface area contributed by atoms with Gasteiger partial charge in [-0.15, -0.1) is 0 Å². The molecular weight excluding hydrogens is 214 g/mol. The Hall–Kier alpha value is -1.30. The Morgan fingerprint density at radius 1 is 1.67 bits per heavy atom. The van der Waals surface area contributed by atoms with Gasteiger partial charge in [0.05, 0.1) is 6.04 Å². The fraction of sp³-hybridized carbons (Fsp3) is 0.444. The molecule has 2 heterocycles. The van der Waals surface area contributed by atoms with E-state index in [4.69, 9.17) is 0 Å². The summed E-state index contributed by atoms with van der Waals surface area (Å²) in [7, 11) is -1.91. The maximum atomic E-state index is 11.7. The summed E-state index contributed by atoms with van der Waals surface area (Å²) >= 11 is 0. The summed E-state index contributed by atoms with van der Waals surface area (Å²) < 4.78 is 14.2. The SMILES string of the molecule is C=S1(=O)CC(n2cnn(/C=C/C)c2=O)C1. The second kappa shape index (κ2) is 3.37. The molecule has 0 bridgehead atoms. The molecule has 0 atom stereocenters. The Balaban J connectivity index is 2.29. The molecule has 1 fully saturated rings. The van der Waals surface area contributed by atoms with E-state index in [9.17, 15) is 9.00 Å². The average molecular weight is 227 g/mol. The standard InChI is InChI=1S/C9H13N3O2S/c1-3-4-12-9(13)11(7-10-12)8-5-15(2,14)6-8/h3-4,7-8H,2,5-6H2,1H3/b4-3+. The van der Waals surface area contributed by atoms with E-state index in [1.165, 1.54) is 15.6 Å². The zero-order valence-electron chi connectivity index (χ0n) is 8.50. The van der Waals surface area contributed by atoms with Gasteiger partial charge in [0.25, 0.3) is 0 Å². The van der Waals surface area contributed by atoms with Crippen molar-refractivity contribution in [3.63, 3.8) is 0 Å². The molecule has 0 saturated carbocycles. The van der Waals surface area contributed by atoms with Gasteiger partial charge in [-0.1, -0.05) is 6.08 Å². The molecule has 15 heavy (non-hydrogen) atoms. The topological polar surface area (TPSA) is 56.9 Å². The Bertz CT molecular complexity index is 538. The highest BCUT2D eigenvalue weighted by Gasteiger charge is 2.31. The molecule has 0 amide bonds. The second-order valence-corrected chi connectivity index (χ2v) is 6.30. The Morgan fingerprint density at radius 3 is 2.87 bits per heavy atom. The summed E-state index contributed by atoms with van der Waals surface area (Å²) in [5.41, 5.74) is -0.187. The fourth-order valence-electron chi connectivity index (χ4n) is 1.64. The van der Waals surface area contributed by atoms with Crippen LogP contribution in [0.1, 0.15) is 13.0 Å². The second-order valence-electron chi connectivity index (χ2n) is 3.70. The first-order valence-corrected chi connectivity index (χ1v) is 6.71. The van der Waals surface area contributed by atoms with Gasteiger partial charge in [0.1, 0.15) is 6.33 Å². The van der Waals surface area contributed by atoms with Crippen LogP contribution in [0.4, 0.5) is 0 Å². The smallest absolute Gasteiger partial charge is 0.276 e. The van der Waals surface area contributed by atoms with Gasteiger partial charge in [-0.25, -0.2) is 4.79 Å². The van der Waals surface area contributed by atoms with Gasteiger partial charge in [0.15, 0.2) is 0 Å². The van der Waals surface area contributed by atoms with Gasteiger partial charge in [-0.3, -0.25) is 8.78 Å². The molecule has 1 aliphatic heterocycles. The number of aromatic nitrogens is 3. The van der Waals surface area contributed by atoms with Crippen molar-refractivity contribution in [3.8, 4) is 0 Å². The molecule has 0 aliphatic carbocycles. The summed E-state index contributed by atoms with van der Waals surface area (Å²) in [6.45, 7) is 1.82. The Labute approximate surface area is 88.0 Å². The zero-order valence-corrected chi connectivity index (χ0v) is 9.31. The number of rotatable bonds is 2. The highest BCUT2D eigenvalue weighted by molar-refractivity contribution is 8.01.